The molecule has 92 valence electrons. The number of fused-ring (bicyclic) bond motifs is 2. The van der Waals surface area contributed by atoms with Gasteiger partial charge in [0.1, 0.15) is 0 Å². The summed E-state index contributed by atoms with van der Waals surface area (Å²) in [5, 5.41) is 11.8. The molecule has 0 radical (unpaired) electrons. The predicted molar refractivity (Wildman–Crippen MR) is 63.3 cm³/mol. The van der Waals surface area contributed by atoms with Crippen molar-refractivity contribution < 1.29 is 9.53 Å². The second-order valence-electron chi connectivity index (χ2n) is 4.33. The van der Waals surface area contributed by atoms with Crippen LogP contribution in [0.5, 0.6) is 0 Å². The van der Waals surface area contributed by atoms with E-state index in [2.05, 4.69) is 15.5 Å². The molecule has 1 N–H and O–H groups in total. The van der Waals surface area contributed by atoms with Crippen molar-refractivity contribution in [2.75, 3.05) is 25.5 Å². The first kappa shape index (κ1) is 10.9. The molecule has 0 spiro atoms. The zero-order valence-corrected chi connectivity index (χ0v) is 10.4. The molecule has 1 aromatic heterocycles. The summed E-state index contributed by atoms with van der Waals surface area (Å²) in [6.07, 6.45) is 2.56. The lowest BCUT2D eigenvalue weighted by molar-refractivity contribution is -0.0303. The van der Waals surface area contributed by atoms with Crippen molar-refractivity contribution >= 4 is 22.4 Å². The van der Waals surface area contributed by atoms with E-state index in [1.807, 2.05) is 4.90 Å². The van der Waals surface area contributed by atoms with E-state index < -0.39 is 0 Å². The smallest absolute Gasteiger partial charge is 0.285 e. The molecule has 3 rings (SSSR count). The van der Waals surface area contributed by atoms with Gasteiger partial charge in [0.15, 0.2) is 0 Å². The van der Waals surface area contributed by atoms with Gasteiger partial charge < -0.3 is 15.0 Å². The van der Waals surface area contributed by atoms with E-state index in [9.17, 15) is 4.79 Å². The summed E-state index contributed by atoms with van der Waals surface area (Å²) >= 11 is 1.29. The minimum atomic E-state index is -0.0239. The second kappa shape index (κ2) is 4.23. The molecule has 2 fully saturated rings. The summed E-state index contributed by atoms with van der Waals surface area (Å²) in [7, 11) is 1.77. The Morgan fingerprint density at radius 1 is 1.41 bits per heavy atom. The van der Waals surface area contributed by atoms with Gasteiger partial charge in [0.2, 0.25) is 10.1 Å². The molecule has 7 heteroatoms. The average Bonchev–Trinajstić information content (AvgIpc) is 2.95. The number of aromatic nitrogens is 2. The van der Waals surface area contributed by atoms with E-state index in [0.29, 0.717) is 23.2 Å². The lowest BCUT2D eigenvalue weighted by atomic mass is 10.2. The Morgan fingerprint density at radius 3 is 2.71 bits per heavy atom. The van der Waals surface area contributed by atoms with E-state index in [1.165, 1.54) is 11.3 Å². The Kier molecular flexibility index (Phi) is 2.71. The maximum absolute atomic E-state index is 12.2. The van der Waals surface area contributed by atoms with Crippen LogP contribution in [0.1, 0.15) is 22.6 Å². The number of nitrogens with one attached hydrogen (secondary N) is 1. The van der Waals surface area contributed by atoms with E-state index in [0.717, 1.165) is 12.8 Å². The molecule has 0 aliphatic carbocycles. The van der Waals surface area contributed by atoms with Crippen molar-refractivity contribution in [2.24, 2.45) is 0 Å². The van der Waals surface area contributed by atoms with Crippen molar-refractivity contribution in [2.45, 2.75) is 25.0 Å². The van der Waals surface area contributed by atoms with Gasteiger partial charge in [-0.15, -0.1) is 10.2 Å². The monoisotopic (exact) mass is 254 g/mol. The first-order chi connectivity index (χ1) is 8.26. The number of rotatable bonds is 2. The van der Waals surface area contributed by atoms with Crippen LogP contribution in [0.4, 0.5) is 5.13 Å². The van der Waals surface area contributed by atoms with Crippen LogP contribution in [0.2, 0.25) is 0 Å². The van der Waals surface area contributed by atoms with Gasteiger partial charge in [0.05, 0.1) is 12.2 Å². The molecule has 0 aromatic carbocycles. The lowest BCUT2D eigenvalue weighted by Crippen LogP contribution is -2.45. The average molecular weight is 254 g/mol. The number of morpholine rings is 1. The number of carbonyl (C=O) groups excluding carboxylic acids is 1. The number of likely N-dealkylation sites (tertiary alicyclic amines) is 1. The molecule has 2 unspecified atom stereocenters. The quantitative estimate of drug-likeness (QED) is 0.836. The molecule has 0 saturated carbocycles. The van der Waals surface area contributed by atoms with E-state index in [1.54, 1.807) is 7.05 Å². The van der Waals surface area contributed by atoms with Gasteiger partial charge >= 0.3 is 0 Å². The zero-order valence-electron chi connectivity index (χ0n) is 9.55. The SMILES string of the molecule is CNc1nnc(C(=O)N2CC3CCC(C2)O3)s1. The zero-order chi connectivity index (χ0) is 11.8. The van der Waals surface area contributed by atoms with Crippen LogP contribution in [0.15, 0.2) is 0 Å². The van der Waals surface area contributed by atoms with Gasteiger partial charge in [-0.25, -0.2) is 0 Å². The molecule has 2 bridgehead atoms. The number of hydrogen-bond acceptors (Lipinski definition) is 6. The summed E-state index contributed by atoms with van der Waals surface area (Å²) in [5.74, 6) is -0.0239. The van der Waals surface area contributed by atoms with Crippen LogP contribution in [0.3, 0.4) is 0 Å². The van der Waals surface area contributed by atoms with Crippen LogP contribution in [-0.2, 0) is 4.74 Å². The van der Waals surface area contributed by atoms with Crippen molar-refractivity contribution in [1.82, 2.24) is 15.1 Å². The van der Waals surface area contributed by atoms with Crippen LogP contribution in [0, 0.1) is 0 Å². The summed E-state index contributed by atoms with van der Waals surface area (Å²) in [6.45, 7) is 1.37. The number of anilines is 1. The highest BCUT2D eigenvalue weighted by atomic mass is 32.1. The number of carbonyl (C=O) groups is 1. The topological polar surface area (TPSA) is 67.4 Å². The normalized spacial score (nSPS) is 27.2. The Morgan fingerprint density at radius 2 is 2.12 bits per heavy atom. The third kappa shape index (κ3) is 2.00. The maximum atomic E-state index is 12.2. The first-order valence-electron chi connectivity index (χ1n) is 5.72. The second-order valence-corrected chi connectivity index (χ2v) is 5.31. The highest BCUT2D eigenvalue weighted by Gasteiger charge is 2.36. The van der Waals surface area contributed by atoms with Crippen LogP contribution >= 0.6 is 11.3 Å². The molecule has 1 aromatic rings. The number of ether oxygens (including phenoxy) is 1. The van der Waals surface area contributed by atoms with Crippen molar-refractivity contribution in [3.8, 4) is 0 Å². The lowest BCUT2D eigenvalue weighted by Gasteiger charge is -2.31. The van der Waals surface area contributed by atoms with Crippen LogP contribution in [-0.4, -0.2) is 53.3 Å². The van der Waals surface area contributed by atoms with Gasteiger partial charge in [0, 0.05) is 20.1 Å². The third-order valence-corrected chi connectivity index (χ3v) is 4.08. The summed E-state index contributed by atoms with van der Waals surface area (Å²) in [5.41, 5.74) is 0. The molecular formula is C10H14N4O2S. The predicted octanol–water partition coefficient (Wildman–Crippen LogP) is 0.583. The first-order valence-corrected chi connectivity index (χ1v) is 6.54. The number of nitrogens with zero attached hydrogens (tertiary/aromatic N) is 3. The fourth-order valence-corrected chi connectivity index (χ4v) is 2.99. The van der Waals surface area contributed by atoms with Gasteiger partial charge in [-0.05, 0) is 12.8 Å². The standard InChI is InChI=1S/C10H14N4O2S/c1-11-10-13-12-8(17-10)9(15)14-4-6-2-3-7(5-14)16-6/h6-7H,2-5H2,1H3,(H,11,13). The number of amides is 1. The van der Waals surface area contributed by atoms with E-state index >= 15 is 0 Å². The van der Waals surface area contributed by atoms with Gasteiger partial charge in [-0.3, -0.25) is 4.79 Å². The van der Waals surface area contributed by atoms with E-state index in [4.69, 9.17) is 4.74 Å². The minimum absolute atomic E-state index is 0.0239. The Labute approximate surface area is 103 Å². The van der Waals surface area contributed by atoms with Crippen molar-refractivity contribution in [1.29, 1.82) is 0 Å². The molecule has 6 nitrogen and oxygen atoms in total. The van der Waals surface area contributed by atoms with Crippen LogP contribution in [0.25, 0.3) is 0 Å². The Bertz CT molecular complexity index is 424. The molecule has 2 saturated heterocycles. The highest BCUT2D eigenvalue weighted by molar-refractivity contribution is 7.17. The van der Waals surface area contributed by atoms with Gasteiger partial charge in [-0.1, -0.05) is 11.3 Å². The largest absolute Gasteiger partial charge is 0.371 e. The molecule has 2 atom stereocenters. The number of hydrogen-bond donors (Lipinski definition) is 1. The molecule has 1 amide bonds. The summed E-state index contributed by atoms with van der Waals surface area (Å²) in [6, 6.07) is 0. The summed E-state index contributed by atoms with van der Waals surface area (Å²) in [4.78, 5) is 14.0. The molecule has 2 aliphatic heterocycles. The van der Waals surface area contributed by atoms with Crippen molar-refractivity contribution in [3.63, 3.8) is 0 Å². The van der Waals surface area contributed by atoms with Crippen LogP contribution < -0.4 is 5.32 Å². The Hall–Kier alpha value is -1.21. The van der Waals surface area contributed by atoms with Crippen molar-refractivity contribution in [3.05, 3.63) is 5.01 Å². The molecular weight excluding hydrogens is 240 g/mol. The molecule has 17 heavy (non-hydrogen) atoms. The summed E-state index contributed by atoms with van der Waals surface area (Å²) < 4.78 is 5.70. The third-order valence-electron chi connectivity index (χ3n) is 3.15. The molecule has 3 heterocycles. The fourth-order valence-electron chi connectivity index (χ4n) is 2.33. The van der Waals surface area contributed by atoms with E-state index in [-0.39, 0.29) is 18.1 Å². The minimum Gasteiger partial charge on any atom is -0.371 e. The maximum Gasteiger partial charge on any atom is 0.285 e. The van der Waals surface area contributed by atoms with Gasteiger partial charge in [-0.2, -0.15) is 0 Å². The highest BCUT2D eigenvalue weighted by Crippen LogP contribution is 2.27. The fraction of sp³-hybridized carbons (Fsp3) is 0.700. The molecule has 2 aliphatic rings. The van der Waals surface area contributed by atoms with Gasteiger partial charge in [0.25, 0.3) is 5.91 Å². The Balaban J connectivity index is 1.73.